The van der Waals surface area contributed by atoms with Crippen molar-refractivity contribution in [1.82, 2.24) is 9.80 Å². The SMILES string of the molecule is CN1CCN(C(C=O)CCl)CC1. The first-order chi connectivity index (χ1) is 5.77. The fraction of sp³-hybridized carbons (Fsp3) is 0.875. The molecule has 1 unspecified atom stereocenters. The lowest BCUT2D eigenvalue weighted by atomic mass is 10.2. The Bertz CT molecular complexity index is 146. The molecule has 0 aromatic carbocycles. The van der Waals surface area contributed by atoms with E-state index in [1.807, 2.05) is 0 Å². The predicted molar refractivity (Wildman–Crippen MR) is 49.6 cm³/mol. The molecule has 1 saturated heterocycles. The van der Waals surface area contributed by atoms with Gasteiger partial charge in [-0.05, 0) is 7.05 Å². The van der Waals surface area contributed by atoms with Gasteiger partial charge >= 0.3 is 0 Å². The summed E-state index contributed by atoms with van der Waals surface area (Å²) in [5.74, 6) is 0.410. The lowest BCUT2D eigenvalue weighted by Crippen LogP contribution is -2.50. The van der Waals surface area contributed by atoms with Crippen molar-refractivity contribution in [3.63, 3.8) is 0 Å². The number of aldehydes is 1. The van der Waals surface area contributed by atoms with Crippen LogP contribution in [-0.2, 0) is 4.79 Å². The topological polar surface area (TPSA) is 23.6 Å². The molecule has 0 spiro atoms. The summed E-state index contributed by atoms with van der Waals surface area (Å²) >= 11 is 5.65. The highest BCUT2D eigenvalue weighted by Gasteiger charge is 2.20. The van der Waals surface area contributed by atoms with E-state index in [1.165, 1.54) is 0 Å². The van der Waals surface area contributed by atoms with Crippen LogP contribution in [0.15, 0.2) is 0 Å². The van der Waals surface area contributed by atoms with Crippen LogP contribution in [0.3, 0.4) is 0 Å². The molecule has 0 amide bonds. The third-order valence-electron chi connectivity index (χ3n) is 2.32. The summed E-state index contributed by atoms with van der Waals surface area (Å²) in [4.78, 5) is 15.0. The van der Waals surface area contributed by atoms with Gasteiger partial charge in [0.05, 0.1) is 6.04 Å². The standard InChI is InChI=1S/C8H15ClN2O/c1-10-2-4-11(5-3-10)8(6-9)7-12/h7-8H,2-6H2,1H3. The van der Waals surface area contributed by atoms with Crippen molar-refractivity contribution in [3.8, 4) is 0 Å². The molecule has 70 valence electrons. The van der Waals surface area contributed by atoms with Crippen LogP contribution in [0.4, 0.5) is 0 Å². The third-order valence-corrected chi connectivity index (χ3v) is 2.64. The maximum absolute atomic E-state index is 10.6. The van der Waals surface area contributed by atoms with Gasteiger partial charge in [0.1, 0.15) is 6.29 Å². The van der Waals surface area contributed by atoms with Crippen molar-refractivity contribution in [2.45, 2.75) is 6.04 Å². The van der Waals surface area contributed by atoms with Crippen molar-refractivity contribution < 1.29 is 4.79 Å². The average molecular weight is 191 g/mol. The minimum Gasteiger partial charge on any atom is -0.304 e. The maximum Gasteiger partial charge on any atom is 0.138 e. The number of rotatable bonds is 3. The van der Waals surface area contributed by atoms with Crippen molar-refractivity contribution in [2.75, 3.05) is 39.1 Å². The summed E-state index contributed by atoms with van der Waals surface area (Å²) in [5.41, 5.74) is 0. The Hall–Kier alpha value is -0.120. The summed E-state index contributed by atoms with van der Waals surface area (Å²) in [6.45, 7) is 3.96. The normalized spacial score (nSPS) is 23.8. The fourth-order valence-electron chi connectivity index (χ4n) is 1.37. The zero-order valence-electron chi connectivity index (χ0n) is 7.37. The van der Waals surface area contributed by atoms with Gasteiger partial charge in [-0.1, -0.05) is 0 Å². The highest BCUT2D eigenvalue weighted by atomic mass is 35.5. The van der Waals surface area contributed by atoms with Crippen molar-refractivity contribution in [1.29, 1.82) is 0 Å². The molecule has 1 rings (SSSR count). The Morgan fingerprint density at radius 2 is 2.00 bits per heavy atom. The molecule has 4 heteroatoms. The van der Waals surface area contributed by atoms with Gasteiger partial charge in [-0.3, -0.25) is 4.90 Å². The molecule has 0 N–H and O–H groups in total. The van der Waals surface area contributed by atoms with E-state index in [0.717, 1.165) is 32.5 Å². The number of carbonyl (C=O) groups excluding carboxylic acids is 1. The molecule has 1 fully saturated rings. The summed E-state index contributed by atoms with van der Waals surface area (Å²) in [6.07, 6.45) is 0.943. The number of alkyl halides is 1. The molecule has 1 aliphatic rings. The molecular weight excluding hydrogens is 176 g/mol. The minimum absolute atomic E-state index is 0.0830. The summed E-state index contributed by atoms with van der Waals surface area (Å²) in [6, 6.07) is -0.0830. The average Bonchev–Trinajstić information content (AvgIpc) is 2.10. The van der Waals surface area contributed by atoms with E-state index in [1.54, 1.807) is 0 Å². The number of carbonyl (C=O) groups is 1. The zero-order chi connectivity index (χ0) is 8.97. The minimum atomic E-state index is -0.0830. The number of hydrogen-bond donors (Lipinski definition) is 0. The van der Waals surface area contributed by atoms with Crippen LogP contribution in [0.2, 0.25) is 0 Å². The van der Waals surface area contributed by atoms with E-state index in [0.29, 0.717) is 5.88 Å². The molecule has 0 aliphatic carbocycles. The quantitative estimate of drug-likeness (QED) is 0.464. The van der Waals surface area contributed by atoms with Crippen LogP contribution in [0, 0.1) is 0 Å². The van der Waals surface area contributed by atoms with Crippen LogP contribution in [0.25, 0.3) is 0 Å². The van der Waals surface area contributed by atoms with Crippen molar-refractivity contribution >= 4 is 17.9 Å². The Balaban J connectivity index is 2.37. The first-order valence-electron chi connectivity index (χ1n) is 4.21. The molecule has 0 aromatic heterocycles. The van der Waals surface area contributed by atoms with E-state index in [9.17, 15) is 4.79 Å². The van der Waals surface area contributed by atoms with Crippen LogP contribution in [-0.4, -0.2) is 61.2 Å². The van der Waals surface area contributed by atoms with Gasteiger partial charge in [-0.2, -0.15) is 0 Å². The van der Waals surface area contributed by atoms with Crippen LogP contribution >= 0.6 is 11.6 Å². The molecule has 3 nitrogen and oxygen atoms in total. The second kappa shape index (κ2) is 4.80. The Labute approximate surface area is 78.3 Å². The van der Waals surface area contributed by atoms with Crippen molar-refractivity contribution in [3.05, 3.63) is 0 Å². The molecule has 1 heterocycles. The van der Waals surface area contributed by atoms with Crippen LogP contribution in [0.1, 0.15) is 0 Å². The fourth-order valence-corrected chi connectivity index (χ4v) is 1.64. The molecular formula is C8H15ClN2O. The van der Waals surface area contributed by atoms with E-state index in [2.05, 4.69) is 16.8 Å². The van der Waals surface area contributed by atoms with E-state index >= 15 is 0 Å². The van der Waals surface area contributed by atoms with Gasteiger partial charge in [0.25, 0.3) is 0 Å². The molecule has 1 atom stereocenters. The Kier molecular flexibility index (Phi) is 3.98. The lowest BCUT2D eigenvalue weighted by molar-refractivity contribution is -0.112. The van der Waals surface area contributed by atoms with Gasteiger partial charge in [-0.25, -0.2) is 0 Å². The number of halogens is 1. The maximum atomic E-state index is 10.6. The second-order valence-corrected chi connectivity index (χ2v) is 3.51. The number of hydrogen-bond acceptors (Lipinski definition) is 3. The predicted octanol–water partition coefficient (Wildman–Crippen LogP) is 0.0401. The summed E-state index contributed by atoms with van der Waals surface area (Å²) < 4.78 is 0. The molecule has 12 heavy (non-hydrogen) atoms. The van der Waals surface area contributed by atoms with Crippen LogP contribution in [0.5, 0.6) is 0 Å². The first-order valence-corrected chi connectivity index (χ1v) is 4.75. The first kappa shape index (κ1) is 9.96. The number of nitrogens with zero attached hydrogens (tertiary/aromatic N) is 2. The van der Waals surface area contributed by atoms with Gasteiger partial charge < -0.3 is 9.69 Å². The highest BCUT2D eigenvalue weighted by Crippen LogP contribution is 2.04. The van der Waals surface area contributed by atoms with E-state index in [4.69, 9.17) is 11.6 Å². The highest BCUT2D eigenvalue weighted by molar-refractivity contribution is 6.19. The van der Waals surface area contributed by atoms with Gasteiger partial charge in [0.2, 0.25) is 0 Å². The van der Waals surface area contributed by atoms with Crippen LogP contribution < -0.4 is 0 Å². The molecule has 0 aromatic rings. The van der Waals surface area contributed by atoms with Crippen molar-refractivity contribution in [2.24, 2.45) is 0 Å². The number of piperazine rings is 1. The monoisotopic (exact) mass is 190 g/mol. The summed E-state index contributed by atoms with van der Waals surface area (Å²) in [5, 5.41) is 0. The molecule has 0 bridgehead atoms. The van der Waals surface area contributed by atoms with Gasteiger partial charge in [-0.15, -0.1) is 11.6 Å². The van der Waals surface area contributed by atoms with Gasteiger partial charge in [0, 0.05) is 32.1 Å². The van der Waals surface area contributed by atoms with Gasteiger partial charge in [0.15, 0.2) is 0 Å². The largest absolute Gasteiger partial charge is 0.304 e. The number of likely N-dealkylation sites (N-methyl/N-ethyl adjacent to an activating group) is 1. The second-order valence-electron chi connectivity index (χ2n) is 3.20. The Morgan fingerprint density at radius 1 is 1.42 bits per heavy atom. The smallest absolute Gasteiger partial charge is 0.138 e. The lowest BCUT2D eigenvalue weighted by Gasteiger charge is -2.34. The van der Waals surface area contributed by atoms with E-state index in [-0.39, 0.29) is 6.04 Å². The Morgan fingerprint density at radius 3 is 2.42 bits per heavy atom. The third kappa shape index (κ3) is 2.44. The summed E-state index contributed by atoms with van der Waals surface area (Å²) in [7, 11) is 2.09. The van der Waals surface area contributed by atoms with E-state index < -0.39 is 0 Å². The molecule has 0 radical (unpaired) electrons. The zero-order valence-corrected chi connectivity index (χ0v) is 8.13. The molecule has 1 aliphatic heterocycles. The molecule has 0 saturated carbocycles.